The van der Waals surface area contributed by atoms with Gasteiger partial charge in [-0.15, -0.1) is 0 Å². The molecule has 1 saturated heterocycles. The lowest BCUT2D eigenvalue weighted by Crippen LogP contribution is -2.20. The summed E-state index contributed by atoms with van der Waals surface area (Å²) in [6.07, 6.45) is 1.85. The van der Waals surface area contributed by atoms with Gasteiger partial charge >= 0.3 is 0 Å². The molecule has 18 heavy (non-hydrogen) atoms. The molecular weight excluding hydrogens is 222 g/mol. The molecule has 0 aliphatic carbocycles. The lowest BCUT2D eigenvalue weighted by atomic mass is 10.1. The van der Waals surface area contributed by atoms with E-state index in [2.05, 4.69) is 41.9 Å². The van der Waals surface area contributed by atoms with Crippen molar-refractivity contribution in [1.29, 1.82) is 0 Å². The number of benzene rings is 1. The molecule has 2 rings (SSSR count). The summed E-state index contributed by atoms with van der Waals surface area (Å²) < 4.78 is 0. The Morgan fingerprint density at radius 3 is 2.94 bits per heavy atom. The van der Waals surface area contributed by atoms with Crippen LogP contribution in [0, 0.1) is 17.8 Å². The molecule has 1 unspecified atom stereocenters. The fourth-order valence-electron chi connectivity index (χ4n) is 2.40. The van der Waals surface area contributed by atoms with E-state index in [1.807, 2.05) is 6.07 Å². The Bertz CT molecular complexity index is 444. The minimum Gasteiger partial charge on any atom is -0.395 e. The minimum atomic E-state index is 0.138. The second-order valence-corrected chi connectivity index (χ2v) is 5.06. The summed E-state index contributed by atoms with van der Waals surface area (Å²) in [5, 5.41) is 8.76. The van der Waals surface area contributed by atoms with Crippen LogP contribution in [0.15, 0.2) is 24.3 Å². The lowest BCUT2D eigenvalue weighted by molar-refractivity contribution is 0.305. The standard InChI is InChI=1S/C16H21NO/c1-14-9-10-17(12-14)13-16-8-3-2-6-15(16)7-4-5-11-18/h2-3,6,8,14,18H,5,9-13H2,1H3. The number of likely N-dealkylation sites (tertiary alicyclic amines) is 1. The van der Waals surface area contributed by atoms with Crippen LogP contribution in [0.2, 0.25) is 0 Å². The van der Waals surface area contributed by atoms with Gasteiger partial charge in [0.1, 0.15) is 0 Å². The highest BCUT2D eigenvalue weighted by molar-refractivity contribution is 5.41. The largest absolute Gasteiger partial charge is 0.395 e. The Labute approximate surface area is 110 Å². The van der Waals surface area contributed by atoms with E-state index in [0.29, 0.717) is 6.42 Å². The molecule has 1 aliphatic heterocycles. The van der Waals surface area contributed by atoms with Gasteiger partial charge in [0.2, 0.25) is 0 Å². The Morgan fingerprint density at radius 1 is 1.39 bits per heavy atom. The summed E-state index contributed by atoms with van der Waals surface area (Å²) >= 11 is 0. The van der Waals surface area contributed by atoms with Gasteiger partial charge in [0.15, 0.2) is 0 Å². The zero-order valence-corrected chi connectivity index (χ0v) is 11.0. The third-order valence-electron chi connectivity index (χ3n) is 3.38. The Hall–Kier alpha value is -1.30. The molecule has 0 radical (unpaired) electrons. The van der Waals surface area contributed by atoms with Gasteiger partial charge in [-0.05, 0) is 30.5 Å². The zero-order chi connectivity index (χ0) is 12.8. The smallest absolute Gasteiger partial charge is 0.0540 e. The summed E-state index contributed by atoms with van der Waals surface area (Å²) in [6, 6.07) is 8.33. The molecule has 2 nitrogen and oxygen atoms in total. The van der Waals surface area contributed by atoms with Crippen LogP contribution >= 0.6 is 0 Å². The van der Waals surface area contributed by atoms with Gasteiger partial charge in [-0.25, -0.2) is 0 Å². The highest BCUT2D eigenvalue weighted by Crippen LogP contribution is 2.19. The second kappa shape index (κ2) is 6.58. The molecule has 0 saturated carbocycles. The fourth-order valence-corrected chi connectivity index (χ4v) is 2.40. The van der Waals surface area contributed by atoms with Crippen LogP contribution in [0.5, 0.6) is 0 Å². The van der Waals surface area contributed by atoms with Crippen LogP contribution < -0.4 is 0 Å². The molecule has 1 heterocycles. The summed E-state index contributed by atoms with van der Waals surface area (Å²) in [5.74, 6) is 6.99. The van der Waals surface area contributed by atoms with Crippen LogP contribution in [0.3, 0.4) is 0 Å². The predicted octanol–water partition coefficient (Wildman–Crippen LogP) is 2.26. The van der Waals surface area contributed by atoms with E-state index in [-0.39, 0.29) is 6.61 Å². The van der Waals surface area contributed by atoms with Gasteiger partial charge in [0, 0.05) is 25.1 Å². The molecule has 0 aromatic heterocycles. The SMILES string of the molecule is CC1CCN(Cc2ccccc2C#CCCO)C1. The molecule has 0 bridgehead atoms. The Kier molecular flexibility index (Phi) is 4.81. The number of aliphatic hydroxyl groups excluding tert-OH is 1. The van der Waals surface area contributed by atoms with E-state index in [9.17, 15) is 0 Å². The van der Waals surface area contributed by atoms with Crippen molar-refractivity contribution in [1.82, 2.24) is 4.90 Å². The van der Waals surface area contributed by atoms with E-state index in [4.69, 9.17) is 5.11 Å². The van der Waals surface area contributed by atoms with Crippen LogP contribution in [0.25, 0.3) is 0 Å². The molecule has 1 N–H and O–H groups in total. The summed E-state index contributed by atoms with van der Waals surface area (Å²) in [7, 11) is 0. The van der Waals surface area contributed by atoms with Crippen molar-refractivity contribution >= 4 is 0 Å². The minimum absolute atomic E-state index is 0.138. The molecule has 0 amide bonds. The first-order valence-electron chi connectivity index (χ1n) is 6.69. The van der Waals surface area contributed by atoms with Gasteiger partial charge in [0.25, 0.3) is 0 Å². The zero-order valence-electron chi connectivity index (χ0n) is 11.0. The maximum Gasteiger partial charge on any atom is 0.0540 e. The van der Waals surface area contributed by atoms with Gasteiger partial charge < -0.3 is 5.11 Å². The quantitative estimate of drug-likeness (QED) is 0.823. The summed E-state index contributed by atoms with van der Waals surface area (Å²) in [4.78, 5) is 2.50. The van der Waals surface area contributed by atoms with E-state index in [1.165, 1.54) is 25.1 Å². The Morgan fingerprint density at radius 2 is 2.22 bits per heavy atom. The van der Waals surface area contributed by atoms with Crippen LogP contribution in [0.4, 0.5) is 0 Å². The molecule has 1 aromatic carbocycles. The molecule has 1 aliphatic rings. The number of hydrogen-bond donors (Lipinski definition) is 1. The molecule has 0 spiro atoms. The number of aliphatic hydroxyl groups is 1. The van der Waals surface area contributed by atoms with Crippen molar-refractivity contribution in [2.75, 3.05) is 19.7 Å². The molecule has 1 aromatic rings. The summed E-state index contributed by atoms with van der Waals surface area (Å²) in [6.45, 7) is 5.83. The van der Waals surface area contributed by atoms with Crippen LogP contribution in [-0.2, 0) is 6.54 Å². The van der Waals surface area contributed by atoms with Crippen molar-refractivity contribution in [3.63, 3.8) is 0 Å². The highest BCUT2D eigenvalue weighted by Gasteiger charge is 2.18. The first-order chi connectivity index (χ1) is 8.79. The van der Waals surface area contributed by atoms with E-state index < -0.39 is 0 Å². The van der Waals surface area contributed by atoms with Crippen LogP contribution in [-0.4, -0.2) is 29.7 Å². The second-order valence-electron chi connectivity index (χ2n) is 5.06. The third kappa shape index (κ3) is 3.60. The number of nitrogens with zero attached hydrogens (tertiary/aromatic N) is 1. The van der Waals surface area contributed by atoms with Gasteiger partial charge in [-0.1, -0.05) is 37.0 Å². The van der Waals surface area contributed by atoms with Crippen molar-refractivity contribution < 1.29 is 5.11 Å². The Balaban J connectivity index is 2.06. The predicted molar refractivity (Wildman–Crippen MR) is 74.1 cm³/mol. The summed E-state index contributed by atoms with van der Waals surface area (Å²) in [5.41, 5.74) is 2.41. The van der Waals surface area contributed by atoms with Crippen molar-refractivity contribution in [3.05, 3.63) is 35.4 Å². The van der Waals surface area contributed by atoms with E-state index in [0.717, 1.165) is 18.0 Å². The average molecular weight is 243 g/mol. The fraction of sp³-hybridized carbons (Fsp3) is 0.500. The first kappa shape index (κ1) is 13.1. The normalized spacial score (nSPS) is 19.6. The first-order valence-corrected chi connectivity index (χ1v) is 6.69. The van der Waals surface area contributed by atoms with E-state index in [1.54, 1.807) is 0 Å². The topological polar surface area (TPSA) is 23.5 Å². The van der Waals surface area contributed by atoms with Gasteiger partial charge in [0.05, 0.1) is 6.61 Å². The molecule has 1 fully saturated rings. The molecule has 2 heteroatoms. The van der Waals surface area contributed by atoms with Gasteiger partial charge in [-0.2, -0.15) is 0 Å². The monoisotopic (exact) mass is 243 g/mol. The maximum atomic E-state index is 8.76. The van der Waals surface area contributed by atoms with Crippen LogP contribution in [0.1, 0.15) is 30.9 Å². The van der Waals surface area contributed by atoms with Gasteiger partial charge in [-0.3, -0.25) is 4.90 Å². The van der Waals surface area contributed by atoms with Crippen molar-refractivity contribution in [2.45, 2.75) is 26.3 Å². The highest BCUT2D eigenvalue weighted by atomic mass is 16.2. The van der Waals surface area contributed by atoms with E-state index >= 15 is 0 Å². The number of rotatable bonds is 3. The van der Waals surface area contributed by atoms with Crippen molar-refractivity contribution in [3.8, 4) is 11.8 Å². The van der Waals surface area contributed by atoms with Crippen molar-refractivity contribution in [2.24, 2.45) is 5.92 Å². The third-order valence-corrected chi connectivity index (χ3v) is 3.38. The maximum absolute atomic E-state index is 8.76. The molecule has 1 atom stereocenters. The number of hydrogen-bond acceptors (Lipinski definition) is 2. The molecule has 96 valence electrons. The average Bonchev–Trinajstić information content (AvgIpc) is 2.77. The lowest BCUT2D eigenvalue weighted by Gasteiger charge is -2.16. The molecular formula is C16H21NO.